The third-order valence-electron chi connectivity index (χ3n) is 3.51. The Bertz CT molecular complexity index is 761. The van der Waals surface area contributed by atoms with Gasteiger partial charge in [-0.05, 0) is 30.7 Å². The first-order chi connectivity index (χ1) is 9.83. The predicted molar refractivity (Wildman–Crippen MR) is 80.3 cm³/mol. The molecule has 0 N–H and O–H groups in total. The summed E-state index contributed by atoms with van der Waals surface area (Å²) in [7, 11) is 0. The van der Waals surface area contributed by atoms with Crippen LogP contribution in [-0.4, -0.2) is 27.7 Å². The summed E-state index contributed by atoms with van der Waals surface area (Å²) in [6, 6.07) is 8.12. The fourth-order valence-corrected chi connectivity index (χ4v) is 3.64. The molecule has 0 aromatic carbocycles. The lowest BCUT2D eigenvalue weighted by Gasteiger charge is -2.13. The van der Waals surface area contributed by atoms with Crippen LogP contribution < -0.4 is 0 Å². The SMILES string of the molecule is Clc1ccc(-c2nc3cccnc3n2C2CCOC2)s1. The van der Waals surface area contributed by atoms with Crippen LogP contribution in [0.5, 0.6) is 0 Å². The lowest BCUT2D eigenvalue weighted by molar-refractivity contribution is 0.187. The zero-order valence-corrected chi connectivity index (χ0v) is 12.2. The first-order valence-electron chi connectivity index (χ1n) is 6.49. The summed E-state index contributed by atoms with van der Waals surface area (Å²) in [4.78, 5) is 10.3. The molecule has 1 aliphatic rings. The minimum absolute atomic E-state index is 0.297. The Labute approximate surface area is 125 Å². The van der Waals surface area contributed by atoms with Crippen molar-refractivity contribution < 1.29 is 4.74 Å². The average Bonchev–Trinajstić information content (AvgIpc) is 3.15. The Morgan fingerprint density at radius 2 is 2.30 bits per heavy atom. The standard InChI is InChI=1S/C14H12ClN3OS/c15-12-4-3-11(20-12)14-17-10-2-1-6-16-13(10)18(14)9-5-7-19-8-9/h1-4,6,9H,5,7-8H2. The summed E-state index contributed by atoms with van der Waals surface area (Å²) in [5.41, 5.74) is 1.83. The van der Waals surface area contributed by atoms with E-state index in [0.717, 1.165) is 39.2 Å². The van der Waals surface area contributed by atoms with Gasteiger partial charge in [-0.1, -0.05) is 11.6 Å². The van der Waals surface area contributed by atoms with Crippen molar-refractivity contribution in [3.05, 3.63) is 34.8 Å². The van der Waals surface area contributed by atoms with E-state index >= 15 is 0 Å². The maximum absolute atomic E-state index is 6.06. The molecule has 102 valence electrons. The molecular weight excluding hydrogens is 294 g/mol. The van der Waals surface area contributed by atoms with Crippen molar-refractivity contribution in [2.45, 2.75) is 12.5 Å². The Balaban J connectivity index is 1.96. The summed E-state index contributed by atoms with van der Waals surface area (Å²) in [5, 5.41) is 0. The predicted octanol–water partition coefficient (Wildman–Crippen LogP) is 3.77. The third kappa shape index (κ3) is 1.93. The van der Waals surface area contributed by atoms with Crippen molar-refractivity contribution in [3.63, 3.8) is 0 Å². The first-order valence-corrected chi connectivity index (χ1v) is 7.69. The molecule has 1 fully saturated rings. The lowest BCUT2D eigenvalue weighted by atomic mass is 10.2. The van der Waals surface area contributed by atoms with Crippen LogP contribution in [0.25, 0.3) is 21.9 Å². The van der Waals surface area contributed by atoms with Gasteiger partial charge in [0.25, 0.3) is 0 Å². The van der Waals surface area contributed by atoms with Crippen LogP contribution in [0.1, 0.15) is 12.5 Å². The van der Waals surface area contributed by atoms with E-state index in [1.165, 1.54) is 0 Å². The Kier molecular flexibility index (Phi) is 2.98. The minimum Gasteiger partial charge on any atom is -0.379 e. The summed E-state index contributed by atoms with van der Waals surface area (Å²) < 4.78 is 8.50. The number of aromatic nitrogens is 3. The van der Waals surface area contributed by atoms with Crippen molar-refractivity contribution in [1.29, 1.82) is 0 Å². The van der Waals surface area contributed by atoms with E-state index in [9.17, 15) is 0 Å². The van der Waals surface area contributed by atoms with Gasteiger partial charge >= 0.3 is 0 Å². The number of nitrogens with zero attached hydrogens (tertiary/aromatic N) is 3. The lowest BCUT2D eigenvalue weighted by Crippen LogP contribution is -2.10. The van der Waals surface area contributed by atoms with Gasteiger partial charge in [0, 0.05) is 12.8 Å². The van der Waals surface area contributed by atoms with Crippen LogP contribution in [0.3, 0.4) is 0 Å². The second-order valence-electron chi connectivity index (χ2n) is 4.77. The maximum atomic E-state index is 6.06. The van der Waals surface area contributed by atoms with E-state index in [1.54, 1.807) is 11.3 Å². The van der Waals surface area contributed by atoms with Crippen molar-refractivity contribution in [1.82, 2.24) is 14.5 Å². The van der Waals surface area contributed by atoms with Gasteiger partial charge in [-0.25, -0.2) is 9.97 Å². The van der Waals surface area contributed by atoms with Crippen LogP contribution in [0.2, 0.25) is 4.34 Å². The highest BCUT2D eigenvalue weighted by atomic mass is 35.5. The van der Waals surface area contributed by atoms with E-state index < -0.39 is 0 Å². The average molecular weight is 306 g/mol. The zero-order valence-electron chi connectivity index (χ0n) is 10.6. The Morgan fingerprint density at radius 3 is 3.05 bits per heavy atom. The molecule has 0 saturated carbocycles. The number of ether oxygens (including phenoxy) is 1. The summed E-state index contributed by atoms with van der Waals surface area (Å²) in [6.07, 6.45) is 2.80. The van der Waals surface area contributed by atoms with E-state index in [1.807, 2.05) is 30.5 Å². The van der Waals surface area contributed by atoms with E-state index in [0.29, 0.717) is 12.6 Å². The molecule has 0 aliphatic carbocycles. The molecule has 1 saturated heterocycles. The van der Waals surface area contributed by atoms with Crippen molar-refractivity contribution >= 4 is 34.1 Å². The highest BCUT2D eigenvalue weighted by Crippen LogP contribution is 2.35. The largest absolute Gasteiger partial charge is 0.379 e. The second kappa shape index (κ2) is 4.84. The fraction of sp³-hybridized carbons (Fsp3) is 0.286. The summed E-state index contributed by atoms with van der Waals surface area (Å²) >= 11 is 7.60. The number of rotatable bonds is 2. The fourth-order valence-electron chi connectivity index (χ4n) is 2.61. The Morgan fingerprint density at radius 1 is 1.35 bits per heavy atom. The molecule has 4 rings (SSSR count). The van der Waals surface area contributed by atoms with Crippen LogP contribution in [0, 0.1) is 0 Å². The minimum atomic E-state index is 0.297. The van der Waals surface area contributed by atoms with Gasteiger partial charge in [0.1, 0.15) is 5.52 Å². The van der Waals surface area contributed by atoms with Crippen LogP contribution in [0.4, 0.5) is 0 Å². The van der Waals surface area contributed by atoms with Gasteiger partial charge in [0.2, 0.25) is 0 Å². The molecule has 4 nitrogen and oxygen atoms in total. The molecule has 3 aromatic heterocycles. The number of hydrogen-bond acceptors (Lipinski definition) is 4. The molecule has 20 heavy (non-hydrogen) atoms. The molecule has 1 aliphatic heterocycles. The Hall–Kier alpha value is -1.43. The number of thiophene rings is 1. The highest BCUT2D eigenvalue weighted by molar-refractivity contribution is 7.19. The smallest absolute Gasteiger partial charge is 0.160 e. The molecule has 0 radical (unpaired) electrons. The number of pyridine rings is 1. The molecule has 0 spiro atoms. The molecule has 1 unspecified atom stereocenters. The van der Waals surface area contributed by atoms with Crippen molar-refractivity contribution in [3.8, 4) is 10.7 Å². The van der Waals surface area contributed by atoms with Gasteiger partial charge in [-0.3, -0.25) is 0 Å². The van der Waals surface area contributed by atoms with E-state index in [-0.39, 0.29) is 0 Å². The van der Waals surface area contributed by atoms with Gasteiger partial charge in [-0.15, -0.1) is 11.3 Å². The zero-order chi connectivity index (χ0) is 13.5. The van der Waals surface area contributed by atoms with Gasteiger partial charge < -0.3 is 9.30 Å². The molecule has 0 bridgehead atoms. The molecule has 4 heterocycles. The number of hydrogen-bond donors (Lipinski definition) is 0. The summed E-state index contributed by atoms with van der Waals surface area (Å²) in [5.74, 6) is 0.936. The van der Waals surface area contributed by atoms with E-state index in [4.69, 9.17) is 21.3 Å². The molecule has 6 heteroatoms. The number of halogens is 1. The summed E-state index contributed by atoms with van der Waals surface area (Å²) in [6.45, 7) is 1.51. The quantitative estimate of drug-likeness (QED) is 0.723. The van der Waals surface area contributed by atoms with Gasteiger partial charge in [-0.2, -0.15) is 0 Å². The topological polar surface area (TPSA) is 39.9 Å². The normalized spacial score (nSPS) is 18.9. The number of imidazole rings is 1. The first kappa shape index (κ1) is 12.3. The maximum Gasteiger partial charge on any atom is 0.160 e. The molecular formula is C14H12ClN3OS. The molecule has 1 atom stereocenters. The highest BCUT2D eigenvalue weighted by Gasteiger charge is 2.25. The monoisotopic (exact) mass is 305 g/mol. The molecule has 3 aromatic rings. The van der Waals surface area contributed by atoms with Gasteiger partial charge in [0.15, 0.2) is 11.5 Å². The van der Waals surface area contributed by atoms with E-state index in [2.05, 4.69) is 9.55 Å². The van der Waals surface area contributed by atoms with Crippen LogP contribution >= 0.6 is 22.9 Å². The van der Waals surface area contributed by atoms with Crippen LogP contribution in [0.15, 0.2) is 30.5 Å². The van der Waals surface area contributed by atoms with Crippen molar-refractivity contribution in [2.75, 3.05) is 13.2 Å². The van der Waals surface area contributed by atoms with Gasteiger partial charge in [0.05, 0.1) is 21.9 Å². The second-order valence-corrected chi connectivity index (χ2v) is 6.49. The molecule has 0 amide bonds. The van der Waals surface area contributed by atoms with Crippen LogP contribution in [-0.2, 0) is 4.74 Å². The van der Waals surface area contributed by atoms with Crippen molar-refractivity contribution in [2.24, 2.45) is 0 Å². The number of fused-ring (bicyclic) bond motifs is 1. The third-order valence-corrected chi connectivity index (χ3v) is 4.74.